The van der Waals surface area contributed by atoms with Gasteiger partial charge in [0.1, 0.15) is 5.82 Å². The van der Waals surface area contributed by atoms with Gasteiger partial charge in [0.25, 0.3) is 0 Å². The Bertz CT molecular complexity index is 816. The zero-order valence-corrected chi connectivity index (χ0v) is 14.2. The van der Waals surface area contributed by atoms with E-state index in [9.17, 15) is 4.79 Å². The van der Waals surface area contributed by atoms with Crippen molar-refractivity contribution in [2.75, 3.05) is 11.1 Å². The number of hydrogen-bond acceptors (Lipinski definition) is 3. The lowest BCUT2D eigenvalue weighted by atomic mass is 10.3. The highest BCUT2D eigenvalue weighted by Gasteiger charge is 2.16. The van der Waals surface area contributed by atoms with Crippen LogP contribution < -0.4 is 9.88 Å². The summed E-state index contributed by atoms with van der Waals surface area (Å²) in [5, 5.41) is 3.72. The predicted molar refractivity (Wildman–Crippen MR) is 90.8 cm³/mol. The number of halogens is 1. The smallest absolute Gasteiger partial charge is 0.310 e. The van der Waals surface area contributed by atoms with Crippen molar-refractivity contribution in [2.24, 2.45) is 7.05 Å². The van der Waals surface area contributed by atoms with Crippen LogP contribution in [0.2, 0.25) is 0 Å². The van der Waals surface area contributed by atoms with E-state index in [2.05, 4.69) is 31.2 Å². The predicted octanol–water partition coefficient (Wildman–Crippen LogP) is 2.88. The normalized spacial score (nSPS) is 10.8. The Morgan fingerprint density at radius 2 is 2.18 bits per heavy atom. The Hall–Kier alpha value is -1.86. The number of carbonyl (C=O) groups excluding carboxylic acids is 1. The molecule has 3 rings (SSSR count). The maximum atomic E-state index is 12.0. The zero-order valence-electron chi connectivity index (χ0n) is 11.8. The highest BCUT2D eigenvalue weighted by molar-refractivity contribution is 9.10. The second-order valence-electron chi connectivity index (χ2n) is 4.70. The highest BCUT2D eigenvalue weighted by atomic mass is 79.9. The monoisotopic (exact) mass is 377 g/mol. The van der Waals surface area contributed by atoms with Gasteiger partial charge in [-0.15, -0.1) is 0 Å². The standard InChI is InChI=1S/C15H13BrN4OS/c1-20-12-5-3-2-4-11(12)18-15(20)22-9-14(21)19-13-7-6-10(16)8-17-13/h2-8H,9H2,1H3,(H,17,19,21)/p+1. The van der Waals surface area contributed by atoms with Crippen LogP contribution in [0.4, 0.5) is 5.82 Å². The van der Waals surface area contributed by atoms with E-state index in [0.717, 1.165) is 20.7 Å². The number of para-hydroxylation sites is 2. The number of aromatic nitrogens is 3. The van der Waals surface area contributed by atoms with Crippen LogP contribution in [0, 0.1) is 0 Å². The lowest BCUT2D eigenvalue weighted by Crippen LogP contribution is -2.29. The number of rotatable bonds is 4. The summed E-state index contributed by atoms with van der Waals surface area (Å²) >= 11 is 4.77. The molecule has 0 fully saturated rings. The molecule has 1 amide bonds. The molecule has 0 aliphatic carbocycles. The third kappa shape index (κ3) is 3.31. The minimum atomic E-state index is -0.0847. The van der Waals surface area contributed by atoms with Crippen LogP contribution in [0.25, 0.3) is 11.0 Å². The van der Waals surface area contributed by atoms with E-state index in [1.807, 2.05) is 41.9 Å². The average Bonchev–Trinajstić information content (AvgIpc) is 2.84. The fourth-order valence-electron chi connectivity index (χ4n) is 2.08. The number of anilines is 1. The molecule has 1 aromatic carbocycles. The van der Waals surface area contributed by atoms with Crippen LogP contribution in [-0.4, -0.2) is 21.6 Å². The first-order chi connectivity index (χ1) is 10.6. The van der Waals surface area contributed by atoms with Crippen LogP contribution in [0.3, 0.4) is 0 Å². The molecule has 2 heterocycles. The first kappa shape index (κ1) is 15.1. The van der Waals surface area contributed by atoms with Crippen LogP contribution in [0.5, 0.6) is 0 Å². The van der Waals surface area contributed by atoms with Crippen molar-refractivity contribution in [3.05, 3.63) is 47.1 Å². The molecule has 2 aromatic heterocycles. The Kier molecular flexibility index (Phi) is 4.44. The van der Waals surface area contributed by atoms with E-state index in [0.29, 0.717) is 11.6 Å². The Morgan fingerprint density at radius 3 is 2.91 bits per heavy atom. The third-order valence-corrected chi connectivity index (χ3v) is 4.67. The second kappa shape index (κ2) is 6.50. The maximum absolute atomic E-state index is 12.0. The van der Waals surface area contributed by atoms with Crippen LogP contribution in [0.15, 0.2) is 52.2 Å². The average molecular weight is 378 g/mol. The van der Waals surface area contributed by atoms with E-state index in [1.54, 1.807) is 12.3 Å². The number of benzene rings is 1. The Labute approximate surface area is 140 Å². The molecular weight excluding hydrogens is 364 g/mol. The van der Waals surface area contributed by atoms with Crippen molar-refractivity contribution in [3.8, 4) is 0 Å². The van der Waals surface area contributed by atoms with Gasteiger partial charge in [0.2, 0.25) is 5.91 Å². The van der Waals surface area contributed by atoms with Crippen molar-refractivity contribution in [1.82, 2.24) is 9.97 Å². The number of aryl methyl sites for hydroxylation is 1. The van der Waals surface area contributed by atoms with E-state index in [-0.39, 0.29) is 5.91 Å². The number of imidazole rings is 1. The first-order valence-corrected chi connectivity index (χ1v) is 8.42. The number of amides is 1. The zero-order chi connectivity index (χ0) is 15.5. The number of fused-ring (bicyclic) bond motifs is 1. The fourth-order valence-corrected chi connectivity index (χ4v) is 3.12. The van der Waals surface area contributed by atoms with Crippen molar-refractivity contribution >= 4 is 50.5 Å². The van der Waals surface area contributed by atoms with Gasteiger partial charge in [0.15, 0.2) is 11.0 Å². The van der Waals surface area contributed by atoms with Gasteiger partial charge in [-0.05, 0) is 52.0 Å². The number of H-pyrrole nitrogens is 1. The molecule has 0 atom stereocenters. The molecule has 0 spiro atoms. The molecule has 0 aliphatic rings. The minimum Gasteiger partial charge on any atom is -0.310 e. The van der Waals surface area contributed by atoms with Gasteiger partial charge in [-0.1, -0.05) is 12.1 Å². The number of carbonyl (C=O) groups is 1. The van der Waals surface area contributed by atoms with Gasteiger partial charge < -0.3 is 5.32 Å². The van der Waals surface area contributed by atoms with Crippen molar-refractivity contribution in [3.63, 3.8) is 0 Å². The van der Waals surface area contributed by atoms with Crippen molar-refractivity contribution in [1.29, 1.82) is 0 Å². The number of thioether (sulfide) groups is 1. The van der Waals surface area contributed by atoms with Gasteiger partial charge in [-0.3, -0.25) is 4.79 Å². The summed E-state index contributed by atoms with van der Waals surface area (Å²) in [6, 6.07) is 11.6. The summed E-state index contributed by atoms with van der Waals surface area (Å²) in [5.41, 5.74) is 2.17. The minimum absolute atomic E-state index is 0.0847. The number of pyridine rings is 1. The number of hydrogen-bond donors (Lipinski definition) is 2. The molecule has 5 nitrogen and oxygen atoms in total. The molecule has 112 valence electrons. The summed E-state index contributed by atoms with van der Waals surface area (Å²) in [6.45, 7) is 0. The first-order valence-electron chi connectivity index (χ1n) is 6.64. The molecule has 0 saturated heterocycles. The maximum Gasteiger partial charge on any atom is 0.317 e. The van der Waals surface area contributed by atoms with E-state index in [4.69, 9.17) is 0 Å². The Balaban J connectivity index is 1.64. The van der Waals surface area contributed by atoms with Crippen molar-refractivity contribution in [2.45, 2.75) is 5.16 Å². The highest BCUT2D eigenvalue weighted by Crippen LogP contribution is 2.17. The molecule has 0 saturated carbocycles. The van der Waals surface area contributed by atoms with Crippen LogP contribution in [-0.2, 0) is 11.8 Å². The van der Waals surface area contributed by atoms with E-state index in [1.165, 1.54) is 11.8 Å². The second-order valence-corrected chi connectivity index (χ2v) is 6.58. The largest absolute Gasteiger partial charge is 0.317 e. The topological polar surface area (TPSA) is 61.7 Å². The number of nitrogens with zero attached hydrogens (tertiary/aromatic N) is 2. The summed E-state index contributed by atoms with van der Waals surface area (Å²) < 4.78 is 2.93. The third-order valence-electron chi connectivity index (χ3n) is 3.15. The SMILES string of the molecule is C[n+]1c(SCC(=O)Nc2ccc(Br)cn2)[nH]c2ccccc21. The molecular formula is C15H14BrN4OS+. The summed E-state index contributed by atoms with van der Waals surface area (Å²) in [4.78, 5) is 19.4. The lowest BCUT2D eigenvalue weighted by Gasteiger charge is -2.02. The van der Waals surface area contributed by atoms with Crippen LogP contribution >= 0.6 is 27.7 Å². The molecule has 0 bridgehead atoms. The quantitative estimate of drug-likeness (QED) is 0.542. The summed E-state index contributed by atoms with van der Waals surface area (Å²) in [7, 11) is 1.98. The van der Waals surface area contributed by atoms with E-state index < -0.39 is 0 Å². The Morgan fingerprint density at radius 1 is 1.36 bits per heavy atom. The number of aromatic amines is 1. The van der Waals surface area contributed by atoms with Crippen LogP contribution in [0.1, 0.15) is 0 Å². The number of nitrogens with one attached hydrogen (secondary N) is 2. The molecule has 7 heteroatoms. The molecule has 0 aliphatic heterocycles. The van der Waals surface area contributed by atoms with Crippen molar-refractivity contribution < 1.29 is 9.36 Å². The van der Waals surface area contributed by atoms with Gasteiger partial charge in [-0.25, -0.2) is 14.5 Å². The van der Waals surface area contributed by atoms with Gasteiger partial charge in [-0.2, -0.15) is 0 Å². The van der Waals surface area contributed by atoms with Gasteiger partial charge in [0, 0.05) is 10.7 Å². The molecule has 22 heavy (non-hydrogen) atoms. The molecule has 2 N–H and O–H groups in total. The lowest BCUT2D eigenvalue weighted by molar-refractivity contribution is -0.683. The van der Waals surface area contributed by atoms with Gasteiger partial charge in [0.05, 0.1) is 12.8 Å². The summed E-state index contributed by atoms with van der Waals surface area (Å²) in [6.07, 6.45) is 1.65. The van der Waals surface area contributed by atoms with Gasteiger partial charge >= 0.3 is 5.16 Å². The fraction of sp³-hybridized carbons (Fsp3) is 0.133. The molecule has 3 aromatic rings. The molecule has 0 unspecified atom stereocenters. The summed E-state index contributed by atoms with van der Waals surface area (Å²) in [5.74, 6) is 0.784. The van der Waals surface area contributed by atoms with E-state index >= 15 is 0 Å². The molecule has 0 radical (unpaired) electrons.